The Morgan fingerprint density at radius 1 is 1.23 bits per heavy atom. The Balaban J connectivity index is 2.28. The minimum absolute atomic E-state index is 0.00291. The highest BCUT2D eigenvalue weighted by atomic mass is 16.7. The summed E-state index contributed by atoms with van der Waals surface area (Å²) in [6, 6.07) is 4.06. The van der Waals surface area contributed by atoms with Crippen LogP contribution in [0.2, 0.25) is 0 Å². The molecule has 0 aliphatic carbocycles. The van der Waals surface area contributed by atoms with Crippen molar-refractivity contribution in [1.29, 1.82) is 0 Å². The van der Waals surface area contributed by atoms with E-state index >= 15 is 0 Å². The van der Waals surface area contributed by atoms with Gasteiger partial charge in [0.2, 0.25) is 6.29 Å². The van der Waals surface area contributed by atoms with Crippen molar-refractivity contribution in [3.05, 3.63) is 23.8 Å². The number of nitrogen functional groups attached to an aromatic ring is 1. The number of para-hydroxylation sites is 1. The lowest BCUT2D eigenvalue weighted by molar-refractivity contribution is -0.277. The molecule has 122 valence electrons. The largest absolute Gasteiger partial charge is 0.478 e. The van der Waals surface area contributed by atoms with Gasteiger partial charge in [-0.2, -0.15) is 0 Å². The molecule has 0 unspecified atom stereocenters. The highest BCUT2D eigenvalue weighted by molar-refractivity contribution is 5.93. The third-order valence-electron chi connectivity index (χ3n) is 3.36. The summed E-state index contributed by atoms with van der Waals surface area (Å²) in [6.07, 6.45) is -7.49. The number of ether oxygens (including phenoxy) is 2. The molecular formula is C13H17NO8. The molecule has 0 aromatic heterocycles. The molecule has 9 heteroatoms. The van der Waals surface area contributed by atoms with E-state index in [2.05, 4.69) is 0 Å². The summed E-state index contributed by atoms with van der Waals surface area (Å²) in [5, 5.41) is 47.4. The maximum Gasteiger partial charge on any atom is 0.339 e. The van der Waals surface area contributed by atoms with Crippen molar-refractivity contribution in [3.8, 4) is 5.75 Å². The number of hydrogen-bond acceptors (Lipinski definition) is 8. The number of aromatic carboxylic acids is 1. The number of carboxylic acids is 1. The van der Waals surface area contributed by atoms with Crippen molar-refractivity contribution in [3.63, 3.8) is 0 Å². The lowest BCUT2D eigenvalue weighted by atomic mass is 9.99. The molecule has 1 aromatic rings. The molecule has 1 heterocycles. The molecule has 0 radical (unpaired) electrons. The molecule has 1 aromatic carbocycles. The minimum atomic E-state index is -1.65. The van der Waals surface area contributed by atoms with Crippen LogP contribution in [0.3, 0.4) is 0 Å². The van der Waals surface area contributed by atoms with E-state index in [-0.39, 0.29) is 17.0 Å². The van der Waals surface area contributed by atoms with Gasteiger partial charge in [-0.1, -0.05) is 6.07 Å². The molecule has 2 rings (SSSR count). The van der Waals surface area contributed by atoms with Gasteiger partial charge < -0.3 is 40.7 Å². The molecule has 1 aliphatic rings. The highest BCUT2D eigenvalue weighted by Gasteiger charge is 2.45. The second-order valence-corrected chi connectivity index (χ2v) is 4.84. The first-order valence-corrected chi connectivity index (χ1v) is 6.45. The fourth-order valence-corrected chi connectivity index (χ4v) is 2.14. The van der Waals surface area contributed by atoms with E-state index in [4.69, 9.17) is 25.4 Å². The van der Waals surface area contributed by atoms with Gasteiger partial charge in [-0.25, -0.2) is 4.79 Å². The molecule has 0 amide bonds. The quantitative estimate of drug-likeness (QED) is 0.350. The Morgan fingerprint density at radius 3 is 2.50 bits per heavy atom. The maximum atomic E-state index is 11.2. The number of hydrogen-bond donors (Lipinski definition) is 6. The number of rotatable bonds is 4. The zero-order chi connectivity index (χ0) is 16.4. The van der Waals surface area contributed by atoms with Crippen LogP contribution in [0.25, 0.3) is 0 Å². The third-order valence-corrected chi connectivity index (χ3v) is 3.36. The summed E-state index contributed by atoms with van der Waals surface area (Å²) in [7, 11) is 0. The zero-order valence-corrected chi connectivity index (χ0v) is 11.4. The van der Waals surface area contributed by atoms with Crippen LogP contribution in [0.1, 0.15) is 10.4 Å². The Labute approximate surface area is 125 Å². The fourth-order valence-electron chi connectivity index (χ4n) is 2.14. The molecule has 22 heavy (non-hydrogen) atoms. The monoisotopic (exact) mass is 315 g/mol. The van der Waals surface area contributed by atoms with Gasteiger partial charge in [0.05, 0.1) is 12.3 Å². The molecule has 7 N–H and O–H groups in total. The summed E-state index contributed by atoms with van der Waals surface area (Å²) < 4.78 is 10.4. The fraction of sp³-hybridized carbons (Fsp3) is 0.462. The van der Waals surface area contributed by atoms with Gasteiger partial charge in [0.25, 0.3) is 0 Å². The number of nitrogens with two attached hydrogens (primary N) is 1. The number of carboxylic acid groups (broad SMARTS) is 1. The van der Waals surface area contributed by atoms with Crippen molar-refractivity contribution >= 4 is 11.7 Å². The van der Waals surface area contributed by atoms with E-state index in [1.54, 1.807) is 0 Å². The van der Waals surface area contributed by atoms with Crippen LogP contribution in [-0.2, 0) is 4.74 Å². The predicted molar refractivity (Wildman–Crippen MR) is 72.2 cm³/mol. The lowest BCUT2D eigenvalue weighted by Gasteiger charge is -2.39. The third kappa shape index (κ3) is 2.98. The number of anilines is 1. The molecule has 1 saturated heterocycles. The van der Waals surface area contributed by atoms with Crippen LogP contribution in [0.4, 0.5) is 5.69 Å². The van der Waals surface area contributed by atoms with Crippen molar-refractivity contribution in [2.24, 2.45) is 0 Å². The second kappa shape index (κ2) is 6.46. The predicted octanol–water partition coefficient (Wildman–Crippen LogP) is -1.85. The van der Waals surface area contributed by atoms with Crippen LogP contribution < -0.4 is 10.5 Å². The molecule has 1 fully saturated rings. The van der Waals surface area contributed by atoms with E-state index in [0.29, 0.717) is 0 Å². The van der Waals surface area contributed by atoms with Gasteiger partial charge >= 0.3 is 5.97 Å². The SMILES string of the molecule is Nc1cccc(C(=O)O)c1O[C@H]1O[C@H](CO)[C@H](O)[C@H](O)[C@H]1O. The maximum absolute atomic E-state index is 11.2. The van der Waals surface area contributed by atoms with Gasteiger partial charge in [0.1, 0.15) is 30.0 Å². The van der Waals surface area contributed by atoms with Crippen molar-refractivity contribution < 1.29 is 39.8 Å². The normalized spacial score (nSPS) is 31.7. The van der Waals surface area contributed by atoms with Gasteiger partial charge in [-0.3, -0.25) is 0 Å². The smallest absolute Gasteiger partial charge is 0.339 e. The first-order valence-electron chi connectivity index (χ1n) is 6.45. The zero-order valence-electron chi connectivity index (χ0n) is 11.4. The van der Waals surface area contributed by atoms with Gasteiger partial charge in [-0.05, 0) is 12.1 Å². The van der Waals surface area contributed by atoms with Gasteiger partial charge in [0.15, 0.2) is 5.75 Å². The van der Waals surface area contributed by atoms with Gasteiger partial charge in [-0.15, -0.1) is 0 Å². The Hall–Kier alpha value is -1.91. The van der Waals surface area contributed by atoms with Crippen LogP contribution >= 0.6 is 0 Å². The van der Waals surface area contributed by atoms with E-state index < -0.39 is 43.3 Å². The standard InChI is InChI=1S/C13H17NO8/c14-6-3-1-2-5(12(19)20)11(6)22-13-10(18)9(17)8(16)7(4-15)21-13/h1-3,7-10,13,15-18H,4,14H2,(H,19,20)/t7-,8+,9+,10-,13-/m1/s1. The Bertz CT molecular complexity index is 549. The first-order chi connectivity index (χ1) is 10.4. The average molecular weight is 315 g/mol. The van der Waals surface area contributed by atoms with Crippen LogP contribution in [0, 0.1) is 0 Å². The Morgan fingerprint density at radius 2 is 1.91 bits per heavy atom. The number of aliphatic hydroxyl groups excluding tert-OH is 4. The number of aliphatic hydroxyl groups is 4. The van der Waals surface area contributed by atoms with E-state index in [0.717, 1.165) is 0 Å². The van der Waals surface area contributed by atoms with Crippen LogP contribution in [0.15, 0.2) is 18.2 Å². The Kier molecular flexibility index (Phi) is 4.84. The molecular weight excluding hydrogens is 298 g/mol. The minimum Gasteiger partial charge on any atom is -0.478 e. The van der Waals surface area contributed by atoms with Crippen molar-refractivity contribution in [2.45, 2.75) is 30.7 Å². The summed E-state index contributed by atoms with van der Waals surface area (Å²) in [5.41, 5.74) is 5.41. The van der Waals surface area contributed by atoms with E-state index in [9.17, 15) is 20.1 Å². The highest BCUT2D eigenvalue weighted by Crippen LogP contribution is 2.31. The summed E-state index contributed by atoms with van der Waals surface area (Å²) in [4.78, 5) is 11.2. The van der Waals surface area contributed by atoms with Crippen molar-refractivity contribution in [1.82, 2.24) is 0 Å². The number of carbonyl (C=O) groups is 1. The average Bonchev–Trinajstić information content (AvgIpc) is 2.49. The van der Waals surface area contributed by atoms with Crippen LogP contribution in [0.5, 0.6) is 5.75 Å². The van der Waals surface area contributed by atoms with E-state index in [1.807, 2.05) is 0 Å². The summed E-state index contributed by atoms with van der Waals surface area (Å²) in [5.74, 6) is -1.54. The molecule has 5 atom stereocenters. The number of benzene rings is 1. The second-order valence-electron chi connectivity index (χ2n) is 4.84. The summed E-state index contributed by atoms with van der Waals surface area (Å²) in [6.45, 7) is -0.624. The molecule has 1 aliphatic heterocycles. The topological polar surface area (TPSA) is 163 Å². The molecule has 0 bridgehead atoms. The van der Waals surface area contributed by atoms with Crippen molar-refractivity contribution in [2.75, 3.05) is 12.3 Å². The summed E-state index contributed by atoms with van der Waals surface area (Å²) >= 11 is 0. The van der Waals surface area contributed by atoms with Gasteiger partial charge in [0, 0.05) is 0 Å². The van der Waals surface area contributed by atoms with E-state index in [1.165, 1.54) is 18.2 Å². The lowest BCUT2D eigenvalue weighted by Crippen LogP contribution is -2.60. The first kappa shape index (κ1) is 16.5. The molecule has 0 spiro atoms. The molecule has 9 nitrogen and oxygen atoms in total. The molecule has 0 saturated carbocycles. The van der Waals surface area contributed by atoms with Crippen LogP contribution in [-0.4, -0.2) is 68.8 Å².